The van der Waals surface area contributed by atoms with Crippen LogP contribution < -0.4 is 5.73 Å². The van der Waals surface area contributed by atoms with E-state index >= 15 is 0 Å². The van der Waals surface area contributed by atoms with Crippen LogP contribution in [0.3, 0.4) is 0 Å². The standard InChI is InChI=1S/C16H24N2O3S/c1-12-6-7-18(15(8-12)10-17)16(19)14-5-3-4-13(9-14)11-22(2,20)21/h3-5,9,12,15H,6-8,10-11,17H2,1-2H3. The van der Waals surface area contributed by atoms with Gasteiger partial charge >= 0.3 is 0 Å². The number of carbonyl (C=O) groups excluding carboxylic acids is 1. The summed E-state index contributed by atoms with van der Waals surface area (Å²) >= 11 is 0. The van der Waals surface area contributed by atoms with Crippen molar-refractivity contribution in [1.29, 1.82) is 0 Å². The second kappa shape index (κ2) is 6.79. The van der Waals surface area contributed by atoms with E-state index in [9.17, 15) is 13.2 Å². The van der Waals surface area contributed by atoms with Crippen molar-refractivity contribution in [3.63, 3.8) is 0 Å². The summed E-state index contributed by atoms with van der Waals surface area (Å²) in [4.78, 5) is 14.5. The van der Waals surface area contributed by atoms with Crippen molar-refractivity contribution >= 4 is 15.7 Å². The van der Waals surface area contributed by atoms with Crippen LogP contribution in [0.25, 0.3) is 0 Å². The molecule has 2 atom stereocenters. The van der Waals surface area contributed by atoms with Gasteiger partial charge in [0.25, 0.3) is 5.91 Å². The number of sulfone groups is 1. The molecular weight excluding hydrogens is 300 g/mol. The molecule has 1 fully saturated rings. The van der Waals surface area contributed by atoms with E-state index in [0.29, 0.717) is 30.1 Å². The average molecular weight is 324 g/mol. The summed E-state index contributed by atoms with van der Waals surface area (Å²) in [5.41, 5.74) is 6.99. The van der Waals surface area contributed by atoms with E-state index in [1.54, 1.807) is 24.3 Å². The van der Waals surface area contributed by atoms with Crippen LogP contribution >= 0.6 is 0 Å². The number of nitrogens with two attached hydrogens (primary N) is 1. The van der Waals surface area contributed by atoms with E-state index in [1.165, 1.54) is 6.26 Å². The zero-order valence-electron chi connectivity index (χ0n) is 13.2. The minimum absolute atomic E-state index is 0.0501. The second-order valence-corrected chi connectivity index (χ2v) is 8.43. The Hall–Kier alpha value is -1.40. The molecule has 22 heavy (non-hydrogen) atoms. The number of likely N-dealkylation sites (tertiary alicyclic amines) is 1. The first-order valence-corrected chi connectivity index (χ1v) is 9.64. The molecule has 122 valence electrons. The molecule has 6 heteroatoms. The molecule has 0 radical (unpaired) electrons. The van der Waals surface area contributed by atoms with Gasteiger partial charge in [-0.1, -0.05) is 19.1 Å². The van der Waals surface area contributed by atoms with Crippen LogP contribution in [0.4, 0.5) is 0 Å². The Morgan fingerprint density at radius 1 is 1.41 bits per heavy atom. The largest absolute Gasteiger partial charge is 0.334 e. The number of hydrogen-bond acceptors (Lipinski definition) is 4. The van der Waals surface area contributed by atoms with Gasteiger partial charge < -0.3 is 10.6 Å². The number of carbonyl (C=O) groups is 1. The lowest BCUT2D eigenvalue weighted by molar-refractivity contribution is 0.0573. The highest BCUT2D eigenvalue weighted by Gasteiger charge is 2.29. The molecule has 2 rings (SSSR count). The Morgan fingerprint density at radius 3 is 2.77 bits per heavy atom. The molecule has 2 unspecified atom stereocenters. The maximum Gasteiger partial charge on any atom is 0.254 e. The van der Waals surface area contributed by atoms with Gasteiger partial charge in [0.2, 0.25) is 0 Å². The lowest BCUT2D eigenvalue weighted by atomic mass is 9.92. The van der Waals surface area contributed by atoms with Crippen molar-refractivity contribution < 1.29 is 13.2 Å². The molecular formula is C16H24N2O3S. The smallest absolute Gasteiger partial charge is 0.254 e. The van der Waals surface area contributed by atoms with Crippen molar-refractivity contribution in [3.8, 4) is 0 Å². The van der Waals surface area contributed by atoms with E-state index < -0.39 is 9.84 Å². The van der Waals surface area contributed by atoms with E-state index in [2.05, 4.69) is 6.92 Å². The van der Waals surface area contributed by atoms with Crippen LogP contribution in [0.1, 0.15) is 35.7 Å². The summed E-state index contributed by atoms with van der Waals surface area (Å²) in [5.74, 6) is 0.470. The summed E-state index contributed by atoms with van der Waals surface area (Å²) in [5, 5.41) is 0. The van der Waals surface area contributed by atoms with Crippen molar-refractivity contribution in [2.75, 3.05) is 19.3 Å². The molecule has 1 aromatic rings. The minimum atomic E-state index is -3.11. The molecule has 1 saturated heterocycles. The van der Waals surface area contributed by atoms with E-state index in [4.69, 9.17) is 5.73 Å². The Bertz CT molecular complexity index is 643. The first kappa shape index (κ1) is 17.0. The molecule has 1 amide bonds. The van der Waals surface area contributed by atoms with E-state index in [1.807, 2.05) is 4.90 Å². The van der Waals surface area contributed by atoms with Crippen molar-refractivity contribution in [2.24, 2.45) is 11.7 Å². The normalized spacial score (nSPS) is 22.6. The number of nitrogens with zero attached hydrogens (tertiary/aromatic N) is 1. The molecule has 0 bridgehead atoms. The summed E-state index contributed by atoms with van der Waals surface area (Å²) in [6, 6.07) is 6.94. The third-order valence-electron chi connectivity index (χ3n) is 4.11. The van der Waals surface area contributed by atoms with Crippen LogP contribution in [-0.2, 0) is 15.6 Å². The first-order valence-electron chi connectivity index (χ1n) is 7.58. The lowest BCUT2D eigenvalue weighted by Crippen LogP contribution is -2.49. The molecule has 2 N–H and O–H groups in total. The second-order valence-electron chi connectivity index (χ2n) is 6.29. The number of amides is 1. The number of piperidine rings is 1. The molecule has 0 aromatic heterocycles. The molecule has 5 nitrogen and oxygen atoms in total. The number of benzene rings is 1. The Kier molecular flexibility index (Phi) is 5.24. The molecule has 0 spiro atoms. The lowest BCUT2D eigenvalue weighted by Gasteiger charge is -2.38. The van der Waals surface area contributed by atoms with Crippen LogP contribution in [0.5, 0.6) is 0 Å². The van der Waals surface area contributed by atoms with Crippen molar-refractivity contribution in [1.82, 2.24) is 4.90 Å². The summed E-state index contributed by atoms with van der Waals surface area (Å²) in [7, 11) is -3.11. The van der Waals surface area contributed by atoms with E-state index in [-0.39, 0.29) is 17.7 Å². The van der Waals surface area contributed by atoms with Gasteiger partial charge in [0.15, 0.2) is 9.84 Å². The molecule has 0 aliphatic carbocycles. The van der Waals surface area contributed by atoms with Gasteiger partial charge in [0.1, 0.15) is 0 Å². The highest BCUT2D eigenvalue weighted by atomic mass is 32.2. The zero-order chi connectivity index (χ0) is 16.3. The molecule has 1 heterocycles. The molecule has 1 aliphatic heterocycles. The Labute approximate surface area is 132 Å². The third-order valence-corrected chi connectivity index (χ3v) is 4.97. The number of hydrogen-bond donors (Lipinski definition) is 1. The van der Waals surface area contributed by atoms with Crippen molar-refractivity contribution in [2.45, 2.75) is 31.6 Å². The van der Waals surface area contributed by atoms with E-state index in [0.717, 1.165) is 12.8 Å². The fraction of sp³-hybridized carbons (Fsp3) is 0.562. The maximum absolute atomic E-state index is 12.7. The van der Waals surface area contributed by atoms with Crippen molar-refractivity contribution in [3.05, 3.63) is 35.4 Å². The zero-order valence-corrected chi connectivity index (χ0v) is 14.0. The van der Waals surface area contributed by atoms with Gasteiger partial charge in [0, 0.05) is 31.0 Å². The summed E-state index contributed by atoms with van der Waals surface area (Å²) in [6.07, 6.45) is 3.09. The van der Waals surface area contributed by atoms with Gasteiger partial charge in [-0.15, -0.1) is 0 Å². The Balaban J connectivity index is 2.20. The highest BCUT2D eigenvalue weighted by molar-refractivity contribution is 7.89. The monoisotopic (exact) mass is 324 g/mol. The van der Waals surface area contributed by atoms with Crippen LogP contribution in [-0.4, -0.2) is 44.6 Å². The molecule has 1 aliphatic rings. The SMILES string of the molecule is CC1CCN(C(=O)c2cccc(CS(C)(=O)=O)c2)C(CN)C1. The fourth-order valence-corrected chi connectivity index (χ4v) is 3.79. The average Bonchev–Trinajstić information content (AvgIpc) is 2.45. The van der Waals surface area contributed by atoms with Gasteiger partial charge in [-0.2, -0.15) is 0 Å². The summed E-state index contributed by atoms with van der Waals surface area (Å²) in [6.45, 7) is 3.34. The van der Waals surface area contributed by atoms with Gasteiger partial charge in [-0.3, -0.25) is 4.79 Å². The van der Waals surface area contributed by atoms with Crippen LogP contribution in [0, 0.1) is 5.92 Å². The fourth-order valence-electron chi connectivity index (χ4n) is 3.01. The van der Waals surface area contributed by atoms with Gasteiger partial charge in [-0.05, 0) is 36.5 Å². The minimum Gasteiger partial charge on any atom is -0.334 e. The van der Waals surface area contributed by atoms with Gasteiger partial charge in [-0.25, -0.2) is 8.42 Å². The summed E-state index contributed by atoms with van der Waals surface area (Å²) < 4.78 is 22.8. The van der Waals surface area contributed by atoms with Gasteiger partial charge in [0.05, 0.1) is 5.75 Å². The maximum atomic E-state index is 12.7. The Morgan fingerprint density at radius 2 is 2.14 bits per heavy atom. The third kappa shape index (κ3) is 4.30. The highest BCUT2D eigenvalue weighted by Crippen LogP contribution is 2.24. The molecule has 1 aromatic carbocycles. The van der Waals surface area contributed by atoms with Crippen LogP contribution in [0.2, 0.25) is 0 Å². The quantitative estimate of drug-likeness (QED) is 0.908. The van der Waals surface area contributed by atoms with Crippen LogP contribution in [0.15, 0.2) is 24.3 Å². The molecule has 0 saturated carbocycles. The predicted molar refractivity (Wildman–Crippen MR) is 87.3 cm³/mol. The predicted octanol–water partition coefficient (Wildman–Crippen LogP) is 1.43. The topological polar surface area (TPSA) is 80.5 Å². The first-order chi connectivity index (χ1) is 10.3. The number of rotatable bonds is 4.